The monoisotopic (exact) mass is 243 g/mol. The van der Waals surface area contributed by atoms with Gasteiger partial charge in [-0.1, -0.05) is 0 Å². The predicted molar refractivity (Wildman–Crippen MR) is 58.1 cm³/mol. The Kier molecular flexibility index (Phi) is 7.33. The molecule has 0 heterocycles. The fourth-order valence-corrected chi connectivity index (χ4v) is 0.994. The normalized spacial score (nSPS) is 9.80. The van der Waals surface area contributed by atoms with E-state index in [-0.39, 0.29) is 17.1 Å². The maximum Gasteiger partial charge on any atom is 2.00 e. The molecule has 0 aliphatic rings. The molecule has 0 bridgehead atoms. The van der Waals surface area contributed by atoms with E-state index in [1.807, 2.05) is 54.6 Å². The van der Waals surface area contributed by atoms with E-state index in [2.05, 4.69) is 5.16 Å². The van der Waals surface area contributed by atoms with Gasteiger partial charge < -0.3 is 5.21 Å². The first-order valence-electron chi connectivity index (χ1n) is 4.42. The van der Waals surface area contributed by atoms with E-state index in [1.54, 1.807) is 6.92 Å². The van der Waals surface area contributed by atoms with E-state index in [0.29, 0.717) is 5.71 Å². The van der Waals surface area contributed by atoms with Gasteiger partial charge in [-0.2, -0.15) is 30.3 Å². The van der Waals surface area contributed by atoms with Crippen LogP contribution in [0.4, 0.5) is 0 Å². The van der Waals surface area contributed by atoms with Crippen LogP contribution in [0.3, 0.4) is 0 Å². The van der Waals surface area contributed by atoms with E-state index in [0.717, 1.165) is 5.56 Å². The Bertz CT molecular complexity index is 332. The zero-order valence-corrected chi connectivity index (χ0v) is 9.55. The summed E-state index contributed by atoms with van der Waals surface area (Å²) < 4.78 is 0. The quantitative estimate of drug-likeness (QED) is 0.270. The van der Waals surface area contributed by atoms with Crippen molar-refractivity contribution in [3.8, 4) is 0 Å². The second-order valence-corrected chi connectivity index (χ2v) is 2.82. The van der Waals surface area contributed by atoms with E-state index in [4.69, 9.17) is 5.21 Å². The Hall–Kier alpha value is -1.31. The van der Waals surface area contributed by atoms with E-state index >= 15 is 0 Å². The van der Waals surface area contributed by atoms with E-state index < -0.39 is 0 Å². The summed E-state index contributed by atoms with van der Waals surface area (Å²) in [5.41, 5.74) is 1.62. The molecular weight excluding hydrogens is 230 g/mol. The van der Waals surface area contributed by atoms with Crippen LogP contribution in [0.1, 0.15) is 12.5 Å². The number of hydrogen-bond donors (Lipinski definition) is 1. The van der Waals surface area contributed by atoms with Crippen molar-refractivity contribution < 1.29 is 22.3 Å². The topological polar surface area (TPSA) is 32.6 Å². The Morgan fingerprint density at radius 3 is 2.00 bits per heavy atom. The van der Waals surface area contributed by atoms with Crippen molar-refractivity contribution in [3.63, 3.8) is 0 Å². The minimum Gasteiger partial charge on any atom is -0.411 e. The van der Waals surface area contributed by atoms with Crippen LogP contribution < -0.4 is 0 Å². The average Bonchev–Trinajstić information content (AvgIpc) is 2.91. The van der Waals surface area contributed by atoms with Gasteiger partial charge in [-0.05, 0) is 6.92 Å². The van der Waals surface area contributed by atoms with Crippen molar-refractivity contribution in [1.29, 1.82) is 0 Å². The summed E-state index contributed by atoms with van der Waals surface area (Å²) in [6, 6.07) is 17.6. The SMILES string of the molecule is CC(=NO)[c-]1cccc1.[Fe+2].c1cc[cH-]c1. The van der Waals surface area contributed by atoms with Crippen molar-refractivity contribution in [3.05, 3.63) is 60.2 Å². The molecule has 0 unspecified atom stereocenters. The Morgan fingerprint density at radius 2 is 1.67 bits per heavy atom. The number of oxime groups is 1. The molecule has 2 aromatic rings. The molecule has 0 aliphatic heterocycles. The molecule has 0 aliphatic carbocycles. The predicted octanol–water partition coefficient (Wildman–Crippen LogP) is 3.01. The van der Waals surface area contributed by atoms with Gasteiger partial charge in [-0.15, -0.1) is 10.7 Å². The van der Waals surface area contributed by atoms with E-state index in [9.17, 15) is 0 Å². The third-order valence-electron chi connectivity index (χ3n) is 1.79. The van der Waals surface area contributed by atoms with Crippen LogP contribution in [0.2, 0.25) is 0 Å². The summed E-state index contributed by atoms with van der Waals surface area (Å²) in [5, 5.41) is 11.3. The molecule has 0 saturated heterocycles. The molecule has 2 nitrogen and oxygen atoms in total. The van der Waals surface area contributed by atoms with Gasteiger partial charge in [0.15, 0.2) is 0 Å². The van der Waals surface area contributed by atoms with Gasteiger partial charge in [-0.25, -0.2) is 24.3 Å². The fourth-order valence-electron chi connectivity index (χ4n) is 0.994. The van der Waals surface area contributed by atoms with Gasteiger partial charge in [0, 0.05) is 5.71 Å². The average molecular weight is 243 g/mol. The Morgan fingerprint density at radius 1 is 1.13 bits per heavy atom. The van der Waals surface area contributed by atoms with Crippen molar-refractivity contribution >= 4 is 5.71 Å². The van der Waals surface area contributed by atoms with Crippen LogP contribution >= 0.6 is 0 Å². The summed E-state index contributed by atoms with van der Waals surface area (Å²) >= 11 is 0. The van der Waals surface area contributed by atoms with Gasteiger partial charge in [0.25, 0.3) is 0 Å². The first kappa shape index (κ1) is 13.7. The maximum absolute atomic E-state index is 8.29. The van der Waals surface area contributed by atoms with Gasteiger partial charge in [0.2, 0.25) is 0 Å². The van der Waals surface area contributed by atoms with Crippen molar-refractivity contribution in [1.82, 2.24) is 0 Å². The number of rotatable bonds is 1. The number of nitrogens with zero attached hydrogens (tertiary/aromatic N) is 1. The van der Waals surface area contributed by atoms with Crippen LogP contribution in [-0.4, -0.2) is 10.9 Å². The molecular formula is C12H13FeNO. The molecule has 3 heteroatoms. The third-order valence-corrected chi connectivity index (χ3v) is 1.79. The molecule has 0 atom stereocenters. The third kappa shape index (κ3) is 5.21. The molecule has 0 saturated carbocycles. The minimum absolute atomic E-state index is 0. The summed E-state index contributed by atoms with van der Waals surface area (Å²) in [5.74, 6) is 0. The summed E-state index contributed by atoms with van der Waals surface area (Å²) in [4.78, 5) is 0. The Balaban J connectivity index is 0.000000280. The first-order chi connectivity index (χ1) is 6.84. The fraction of sp³-hybridized carbons (Fsp3) is 0.0833. The molecule has 0 radical (unpaired) electrons. The largest absolute Gasteiger partial charge is 2.00 e. The molecule has 0 spiro atoms. The standard InChI is InChI=1S/C7H8NO.C5H5.Fe/c1-6(8-9)7-4-2-3-5-7;1-2-4-5-3-1;/h2-5,9H,1H3;1-5H;/q2*-1;+2. The van der Waals surface area contributed by atoms with Gasteiger partial charge in [-0.3, -0.25) is 0 Å². The Labute approximate surface area is 100 Å². The molecule has 80 valence electrons. The van der Waals surface area contributed by atoms with Crippen molar-refractivity contribution in [2.24, 2.45) is 5.16 Å². The molecule has 15 heavy (non-hydrogen) atoms. The van der Waals surface area contributed by atoms with Crippen LogP contribution in [0.25, 0.3) is 0 Å². The first-order valence-corrected chi connectivity index (χ1v) is 4.42. The molecule has 0 aromatic heterocycles. The van der Waals surface area contributed by atoms with Crippen molar-refractivity contribution in [2.45, 2.75) is 6.92 Å². The zero-order valence-electron chi connectivity index (χ0n) is 8.44. The molecule has 0 amide bonds. The molecule has 0 fully saturated rings. The van der Waals surface area contributed by atoms with Crippen LogP contribution in [-0.2, 0) is 17.1 Å². The van der Waals surface area contributed by atoms with Gasteiger partial charge in [0.05, 0.1) is 0 Å². The molecule has 1 N–H and O–H groups in total. The van der Waals surface area contributed by atoms with Crippen molar-refractivity contribution in [2.75, 3.05) is 0 Å². The smallest absolute Gasteiger partial charge is 0.411 e. The number of hydrogen-bond acceptors (Lipinski definition) is 2. The summed E-state index contributed by atoms with van der Waals surface area (Å²) in [6.45, 7) is 1.76. The maximum atomic E-state index is 8.29. The van der Waals surface area contributed by atoms with E-state index in [1.165, 1.54) is 0 Å². The zero-order chi connectivity index (χ0) is 10.2. The summed E-state index contributed by atoms with van der Waals surface area (Å²) in [7, 11) is 0. The van der Waals surface area contributed by atoms with Crippen LogP contribution in [0.5, 0.6) is 0 Å². The van der Waals surface area contributed by atoms with Gasteiger partial charge >= 0.3 is 17.1 Å². The van der Waals surface area contributed by atoms with Crippen LogP contribution in [0.15, 0.2) is 59.8 Å². The van der Waals surface area contributed by atoms with Gasteiger partial charge in [0.1, 0.15) is 0 Å². The van der Waals surface area contributed by atoms with Crippen LogP contribution in [0, 0.1) is 0 Å². The molecule has 2 rings (SSSR count). The second-order valence-electron chi connectivity index (χ2n) is 2.82. The minimum atomic E-state index is 0. The second kappa shape index (κ2) is 8.04. The summed E-state index contributed by atoms with van der Waals surface area (Å²) in [6.07, 6.45) is 0. The molecule has 2 aromatic carbocycles.